The number of aromatic nitrogens is 1. The van der Waals surface area contributed by atoms with Gasteiger partial charge in [-0.1, -0.05) is 19.1 Å². The zero-order valence-electron chi connectivity index (χ0n) is 9.20. The van der Waals surface area contributed by atoms with E-state index in [1.807, 2.05) is 0 Å². The Balaban J connectivity index is 0.00000112. The van der Waals surface area contributed by atoms with Gasteiger partial charge in [0.25, 0.3) is 0 Å². The van der Waals surface area contributed by atoms with Gasteiger partial charge in [-0.3, -0.25) is 0 Å². The van der Waals surface area contributed by atoms with Crippen LogP contribution in [0.4, 0.5) is 0 Å². The molecule has 2 aromatic rings. The monoisotopic (exact) mass is 313 g/mol. The smallest absolute Gasteiger partial charge is 0.212 e. The van der Waals surface area contributed by atoms with Crippen LogP contribution in [0.5, 0.6) is 0 Å². The average molecular weight is 313 g/mol. The quantitative estimate of drug-likeness (QED) is 0.536. The minimum absolute atomic E-state index is 0. The number of pyridine rings is 1. The van der Waals surface area contributed by atoms with Crippen LogP contribution in [-0.4, -0.2) is 0 Å². The van der Waals surface area contributed by atoms with Crippen molar-refractivity contribution in [2.75, 3.05) is 0 Å². The van der Waals surface area contributed by atoms with Gasteiger partial charge in [-0.05, 0) is 18.6 Å². The SMILES string of the molecule is CCC[n+]1ccc(C)c2ccccc21.[I-]. The van der Waals surface area contributed by atoms with Crippen LogP contribution < -0.4 is 28.5 Å². The molecule has 2 rings (SSSR count). The first-order valence-electron chi connectivity index (χ1n) is 5.20. The lowest BCUT2D eigenvalue weighted by Gasteiger charge is -2.02. The van der Waals surface area contributed by atoms with Crippen molar-refractivity contribution in [3.8, 4) is 0 Å². The molecule has 1 aromatic heterocycles. The van der Waals surface area contributed by atoms with Crippen LogP contribution in [0.3, 0.4) is 0 Å². The second-order valence-electron chi connectivity index (χ2n) is 3.71. The Morgan fingerprint density at radius 1 is 1.13 bits per heavy atom. The third-order valence-electron chi connectivity index (χ3n) is 2.61. The minimum Gasteiger partial charge on any atom is -1.00 e. The van der Waals surface area contributed by atoms with Crippen molar-refractivity contribution >= 4 is 10.9 Å². The topological polar surface area (TPSA) is 3.88 Å². The molecule has 0 saturated heterocycles. The Labute approximate surface area is 108 Å². The fraction of sp³-hybridized carbons (Fsp3) is 0.308. The van der Waals surface area contributed by atoms with Gasteiger partial charge in [0.2, 0.25) is 5.52 Å². The summed E-state index contributed by atoms with van der Waals surface area (Å²) in [5, 5.41) is 1.36. The molecule has 0 spiro atoms. The molecule has 1 aromatic carbocycles. The predicted molar refractivity (Wildman–Crippen MR) is 59.2 cm³/mol. The standard InChI is InChI=1S/C13H16N.HI/c1-3-9-14-10-8-11(2)12-6-4-5-7-13(12)14;/h4-8,10H,3,9H2,1-2H3;1H/q+1;/p-1. The molecule has 0 N–H and O–H groups in total. The molecular weight excluding hydrogens is 297 g/mol. The van der Waals surface area contributed by atoms with E-state index < -0.39 is 0 Å². The number of aryl methyl sites for hydroxylation is 2. The van der Waals surface area contributed by atoms with E-state index in [1.165, 1.54) is 22.9 Å². The maximum absolute atomic E-state index is 2.32. The third kappa shape index (κ3) is 2.48. The maximum atomic E-state index is 2.32. The van der Waals surface area contributed by atoms with Crippen LogP contribution in [0.2, 0.25) is 0 Å². The summed E-state index contributed by atoms with van der Waals surface area (Å²) < 4.78 is 2.32. The molecule has 2 heteroatoms. The summed E-state index contributed by atoms with van der Waals surface area (Å²) in [6, 6.07) is 10.8. The molecule has 15 heavy (non-hydrogen) atoms. The van der Waals surface area contributed by atoms with E-state index in [4.69, 9.17) is 0 Å². The largest absolute Gasteiger partial charge is 1.00 e. The lowest BCUT2D eigenvalue weighted by Crippen LogP contribution is -3.00. The van der Waals surface area contributed by atoms with Crippen molar-refractivity contribution in [3.05, 3.63) is 42.1 Å². The molecule has 0 atom stereocenters. The van der Waals surface area contributed by atoms with E-state index in [9.17, 15) is 0 Å². The molecule has 0 unspecified atom stereocenters. The fourth-order valence-corrected chi connectivity index (χ4v) is 1.87. The Hall–Kier alpha value is -0.640. The van der Waals surface area contributed by atoms with Gasteiger partial charge in [0, 0.05) is 23.9 Å². The van der Waals surface area contributed by atoms with Crippen molar-refractivity contribution < 1.29 is 28.5 Å². The molecule has 1 heterocycles. The molecule has 0 aliphatic carbocycles. The van der Waals surface area contributed by atoms with E-state index in [-0.39, 0.29) is 24.0 Å². The van der Waals surface area contributed by atoms with Gasteiger partial charge in [-0.25, -0.2) is 0 Å². The Morgan fingerprint density at radius 3 is 2.60 bits per heavy atom. The molecule has 0 radical (unpaired) electrons. The van der Waals surface area contributed by atoms with Crippen molar-refractivity contribution in [2.45, 2.75) is 26.8 Å². The summed E-state index contributed by atoms with van der Waals surface area (Å²) in [6.07, 6.45) is 3.36. The van der Waals surface area contributed by atoms with Crippen LogP contribution in [0.1, 0.15) is 18.9 Å². The fourth-order valence-electron chi connectivity index (χ4n) is 1.87. The number of hydrogen-bond donors (Lipinski definition) is 0. The number of fused-ring (bicyclic) bond motifs is 1. The van der Waals surface area contributed by atoms with Gasteiger partial charge in [-0.2, -0.15) is 4.57 Å². The van der Waals surface area contributed by atoms with Crippen molar-refractivity contribution in [2.24, 2.45) is 0 Å². The molecule has 0 aliphatic rings. The van der Waals surface area contributed by atoms with Crippen molar-refractivity contribution in [1.82, 2.24) is 0 Å². The molecule has 0 bridgehead atoms. The summed E-state index contributed by atoms with van der Waals surface area (Å²) in [6.45, 7) is 5.47. The second kappa shape index (κ2) is 5.45. The summed E-state index contributed by atoms with van der Waals surface area (Å²) in [5.41, 5.74) is 2.70. The van der Waals surface area contributed by atoms with E-state index in [2.05, 4.69) is 54.9 Å². The Bertz CT molecular complexity index is 451. The van der Waals surface area contributed by atoms with Gasteiger partial charge in [-0.15, -0.1) is 0 Å². The van der Waals surface area contributed by atoms with Gasteiger partial charge < -0.3 is 24.0 Å². The number of halogens is 1. The second-order valence-corrected chi connectivity index (χ2v) is 3.71. The number of nitrogens with zero attached hydrogens (tertiary/aromatic N) is 1. The number of para-hydroxylation sites is 1. The van der Waals surface area contributed by atoms with Gasteiger partial charge in [0.1, 0.15) is 6.54 Å². The number of hydrogen-bond acceptors (Lipinski definition) is 0. The molecule has 0 fully saturated rings. The first kappa shape index (κ1) is 12.4. The van der Waals surface area contributed by atoms with E-state index in [1.54, 1.807) is 0 Å². The lowest BCUT2D eigenvalue weighted by atomic mass is 10.1. The van der Waals surface area contributed by atoms with E-state index >= 15 is 0 Å². The Kier molecular flexibility index (Phi) is 4.51. The first-order chi connectivity index (χ1) is 6.83. The normalized spacial score (nSPS) is 10.0. The molecule has 0 saturated carbocycles. The van der Waals surface area contributed by atoms with Gasteiger partial charge >= 0.3 is 0 Å². The van der Waals surface area contributed by atoms with Crippen LogP contribution in [0.15, 0.2) is 36.5 Å². The highest BCUT2D eigenvalue weighted by Gasteiger charge is 2.07. The summed E-state index contributed by atoms with van der Waals surface area (Å²) in [5.74, 6) is 0. The zero-order valence-corrected chi connectivity index (χ0v) is 11.4. The predicted octanol–water partition coefficient (Wildman–Crippen LogP) is -0.150. The van der Waals surface area contributed by atoms with Crippen LogP contribution >= 0.6 is 0 Å². The molecule has 0 aliphatic heterocycles. The summed E-state index contributed by atoms with van der Waals surface area (Å²) in [4.78, 5) is 0. The van der Waals surface area contributed by atoms with E-state index in [0.717, 1.165) is 6.54 Å². The van der Waals surface area contributed by atoms with Crippen LogP contribution in [0, 0.1) is 6.92 Å². The van der Waals surface area contributed by atoms with Gasteiger partial charge in [0.05, 0.1) is 0 Å². The van der Waals surface area contributed by atoms with Crippen LogP contribution in [0.25, 0.3) is 10.9 Å². The van der Waals surface area contributed by atoms with Crippen LogP contribution in [-0.2, 0) is 6.54 Å². The van der Waals surface area contributed by atoms with Crippen molar-refractivity contribution in [1.29, 1.82) is 0 Å². The average Bonchev–Trinajstić information content (AvgIpc) is 2.23. The zero-order chi connectivity index (χ0) is 9.97. The highest BCUT2D eigenvalue weighted by Crippen LogP contribution is 2.13. The highest BCUT2D eigenvalue weighted by molar-refractivity contribution is 5.78. The first-order valence-corrected chi connectivity index (χ1v) is 5.20. The maximum Gasteiger partial charge on any atom is 0.212 e. The Morgan fingerprint density at radius 2 is 1.87 bits per heavy atom. The third-order valence-corrected chi connectivity index (χ3v) is 2.61. The number of rotatable bonds is 2. The summed E-state index contributed by atoms with van der Waals surface area (Å²) >= 11 is 0. The minimum atomic E-state index is 0. The van der Waals surface area contributed by atoms with Crippen molar-refractivity contribution in [3.63, 3.8) is 0 Å². The molecule has 80 valence electrons. The lowest BCUT2D eigenvalue weighted by molar-refractivity contribution is -0.671. The number of benzene rings is 1. The highest BCUT2D eigenvalue weighted by atomic mass is 127. The van der Waals surface area contributed by atoms with Gasteiger partial charge in [0.15, 0.2) is 6.20 Å². The summed E-state index contributed by atoms with van der Waals surface area (Å²) in [7, 11) is 0. The van der Waals surface area contributed by atoms with E-state index in [0.29, 0.717) is 0 Å². The molecule has 0 amide bonds. The molecule has 1 nitrogen and oxygen atoms in total. The molecular formula is C13H16IN.